The smallest absolute Gasteiger partial charge is 0.192 e. The zero-order valence-electron chi connectivity index (χ0n) is 21.4. The Labute approximate surface area is 201 Å². The molecule has 0 aliphatic carbocycles. The predicted molar refractivity (Wildman–Crippen MR) is 134 cm³/mol. The molecule has 0 spiro atoms. The highest BCUT2D eigenvalue weighted by Gasteiger charge is 2.51. The van der Waals surface area contributed by atoms with Crippen LogP contribution < -0.4 is 0 Å². The maximum Gasteiger partial charge on any atom is 0.192 e. The van der Waals surface area contributed by atoms with Crippen molar-refractivity contribution in [1.29, 1.82) is 0 Å². The molecule has 0 N–H and O–H groups in total. The van der Waals surface area contributed by atoms with E-state index in [1.54, 1.807) is 0 Å². The van der Waals surface area contributed by atoms with Crippen LogP contribution in [0.15, 0.2) is 30.3 Å². The van der Waals surface area contributed by atoms with Gasteiger partial charge in [0, 0.05) is 0 Å². The van der Waals surface area contributed by atoms with Gasteiger partial charge in [-0.1, -0.05) is 58.0 Å². The summed E-state index contributed by atoms with van der Waals surface area (Å²) < 4.78 is 25.1. The van der Waals surface area contributed by atoms with Gasteiger partial charge in [-0.25, -0.2) is 0 Å². The molecule has 2 aliphatic rings. The number of carbonyl (C=O) groups is 1. The summed E-state index contributed by atoms with van der Waals surface area (Å²) in [6.07, 6.45) is 3.44. The van der Waals surface area contributed by atoms with Crippen molar-refractivity contribution in [3.8, 4) is 0 Å². The standard InChI is InChI=1S/C27H44O5Si/c1-7-33(8-2,9-3)32-22(17-20(4)15-16-24-27(5,6)31-24)25(26-23(18-28)30-26)29-19-21-13-11-10-12-14-21/h10-14,18,20,22-26H,7-9,15-17,19H2,1-6H3/t20-,22-,23+,24-,25-,26-/m1/s1. The van der Waals surface area contributed by atoms with Crippen LogP contribution in [0.1, 0.15) is 66.4 Å². The molecule has 3 rings (SSSR count). The summed E-state index contributed by atoms with van der Waals surface area (Å²) >= 11 is 0. The molecule has 0 amide bonds. The van der Waals surface area contributed by atoms with Crippen molar-refractivity contribution in [3.05, 3.63) is 35.9 Å². The number of epoxide rings is 2. The first-order chi connectivity index (χ1) is 15.8. The van der Waals surface area contributed by atoms with E-state index in [0.717, 1.165) is 49.2 Å². The van der Waals surface area contributed by atoms with Gasteiger partial charge >= 0.3 is 0 Å². The Morgan fingerprint density at radius 2 is 1.76 bits per heavy atom. The number of hydrogen-bond acceptors (Lipinski definition) is 5. The molecule has 186 valence electrons. The van der Waals surface area contributed by atoms with Crippen molar-refractivity contribution >= 4 is 14.6 Å². The number of aldehydes is 1. The van der Waals surface area contributed by atoms with Crippen LogP contribution in [0.25, 0.3) is 0 Å². The molecule has 2 aliphatic heterocycles. The van der Waals surface area contributed by atoms with Crippen LogP contribution in [0.3, 0.4) is 0 Å². The molecule has 0 aromatic heterocycles. The Morgan fingerprint density at radius 3 is 2.27 bits per heavy atom. The third-order valence-electron chi connectivity index (χ3n) is 7.73. The van der Waals surface area contributed by atoms with Crippen molar-refractivity contribution in [3.63, 3.8) is 0 Å². The number of hydrogen-bond donors (Lipinski definition) is 0. The van der Waals surface area contributed by atoms with Crippen LogP contribution in [0.4, 0.5) is 0 Å². The normalized spacial score (nSPS) is 26.4. The van der Waals surface area contributed by atoms with E-state index in [0.29, 0.717) is 18.6 Å². The molecule has 2 fully saturated rings. The minimum absolute atomic E-state index is 0.0324. The molecule has 5 nitrogen and oxygen atoms in total. The van der Waals surface area contributed by atoms with E-state index in [1.807, 2.05) is 18.2 Å². The van der Waals surface area contributed by atoms with E-state index >= 15 is 0 Å². The lowest BCUT2D eigenvalue weighted by Crippen LogP contribution is -2.47. The third kappa shape index (κ3) is 7.22. The summed E-state index contributed by atoms with van der Waals surface area (Å²) in [5.74, 6) is 0.475. The Hall–Kier alpha value is -1.05. The Morgan fingerprint density at radius 1 is 1.12 bits per heavy atom. The van der Waals surface area contributed by atoms with E-state index in [9.17, 15) is 4.79 Å². The van der Waals surface area contributed by atoms with Gasteiger partial charge in [-0.2, -0.15) is 0 Å². The zero-order valence-corrected chi connectivity index (χ0v) is 22.4. The summed E-state index contributed by atoms with van der Waals surface area (Å²) in [6.45, 7) is 13.9. The summed E-state index contributed by atoms with van der Waals surface area (Å²) in [6, 6.07) is 13.5. The maximum absolute atomic E-state index is 11.5. The van der Waals surface area contributed by atoms with Gasteiger partial charge < -0.3 is 23.4 Å². The van der Waals surface area contributed by atoms with Gasteiger partial charge in [-0.3, -0.25) is 0 Å². The van der Waals surface area contributed by atoms with E-state index < -0.39 is 8.32 Å². The monoisotopic (exact) mass is 476 g/mol. The Balaban J connectivity index is 1.74. The van der Waals surface area contributed by atoms with E-state index in [4.69, 9.17) is 18.6 Å². The van der Waals surface area contributed by atoms with Crippen LogP contribution in [0.5, 0.6) is 0 Å². The summed E-state index contributed by atoms with van der Waals surface area (Å²) in [5, 5.41) is 0. The highest BCUT2D eigenvalue weighted by atomic mass is 28.4. The van der Waals surface area contributed by atoms with Crippen molar-refractivity contribution in [1.82, 2.24) is 0 Å². The lowest BCUT2D eigenvalue weighted by molar-refractivity contribution is -0.108. The first kappa shape index (κ1) is 26.5. The fourth-order valence-corrected chi connectivity index (χ4v) is 7.82. The second kappa shape index (κ2) is 11.6. The lowest BCUT2D eigenvalue weighted by Gasteiger charge is -2.38. The first-order valence-electron chi connectivity index (χ1n) is 12.9. The minimum Gasteiger partial charge on any atom is -0.411 e. The van der Waals surface area contributed by atoms with Crippen molar-refractivity contribution in [2.24, 2.45) is 5.92 Å². The molecule has 0 saturated carbocycles. The van der Waals surface area contributed by atoms with Crippen molar-refractivity contribution < 1.29 is 23.4 Å². The Bertz CT molecular complexity index is 727. The summed E-state index contributed by atoms with van der Waals surface area (Å²) in [7, 11) is -1.87. The molecule has 0 radical (unpaired) electrons. The topological polar surface area (TPSA) is 60.6 Å². The van der Waals surface area contributed by atoms with Gasteiger partial charge in [0.25, 0.3) is 0 Å². The van der Waals surface area contributed by atoms with Gasteiger partial charge in [0.15, 0.2) is 14.6 Å². The fourth-order valence-electron chi connectivity index (χ4n) is 4.95. The second-order valence-corrected chi connectivity index (χ2v) is 15.2. The van der Waals surface area contributed by atoms with Crippen LogP contribution in [0, 0.1) is 5.92 Å². The van der Waals surface area contributed by atoms with Gasteiger partial charge in [0.05, 0.1) is 24.4 Å². The number of carbonyl (C=O) groups excluding carboxylic acids is 1. The van der Waals surface area contributed by atoms with Gasteiger partial charge in [-0.05, 0) is 62.7 Å². The summed E-state index contributed by atoms with van der Waals surface area (Å²) in [5.41, 5.74) is 1.15. The largest absolute Gasteiger partial charge is 0.411 e. The molecule has 1 aromatic rings. The summed E-state index contributed by atoms with van der Waals surface area (Å²) in [4.78, 5) is 11.5. The predicted octanol–water partition coefficient (Wildman–Crippen LogP) is 5.91. The lowest BCUT2D eigenvalue weighted by atomic mass is 9.92. The van der Waals surface area contributed by atoms with E-state index in [2.05, 4.69) is 53.7 Å². The SMILES string of the molecule is CC[Si](CC)(CC)O[C@H](C[C@H](C)CC[C@H]1OC1(C)C)[C@@H](OCc1ccccc1)[C@@H]1O[C@H]1C=O. The molecule has 1 aromatic carbocycles. The van der Waals surface area contributed by atoms with Crippen LogP contribution in [0.2, 0.25) is 18.1 Å². The second-order valence-electron chi connectivity index (χ2n) is 10.5. The molecular formula is C27H44O5Si. The molecule has 2 heterocycles. The highest BCUT2D eigenvalue weighted by molar-refractivity contribution is 6.73. The van der Waals surface area contributed by atoms with E-state index in [1.165, 1.54) is 0 Å². The van der Waals surface area contributed by atoms with Crippen LogP contribution >= 0.6 is 0 Å². The first-order valence-corrected chi connectivity index (χ1v) is 15.4. The van der Waals surface area contributed by atoms with Crippen LogP contribution in [-0.2, 0) is 30.0 Å². The molecule has 33 heavy (non-hydrogen) atoms. The Kier molecular flexibility index (Phi) is 9.32. The number of ether oxygens (including phenoxy) is 3. The molecule has 2 saturated heterocycles. The third-order valence-corrected chi connectivity index (χ3v) is 12.4. The maximum atomic E-state index is 11.5. The highest BCUT2D eigenvalue weighted by Crippen LogP contribution is 2.40. The van der Waals surface area contributed by atoms with Crippen molar-refractivity contribution in [2.75, 3.05) is 0 Å². The van der Waals surface area contributed by atoms with Crippen LogP contribution in [-0.4, -0.2) is 50.7 Å². The average Bonchev–Trinajstić information content (AvgIpc) is 3.72. The molecule has 6 heteroatoms. The zero-order chi connectivity index (χ0) is 24.1. The van der Waals surface area contributed by atoms with Gasteiger partial charge in [0.2, 0.25) is 0 Å². The number of benzene rings is 1. The van der Waals surface area contributed by atoms with Gasteiger partial charge in [0.1, 0.15) is 18.3 Å². The molecular weight excluding hydrogens is 432 g/mol. The average molecular weight is 477 g/mol. The van der Waals surface area contributed by atoms with E-state index in [-0.39, 0.29) is 30.0 Å². The molecule has 6 atom stereocenters. The molecule has 0 unspecified atom stereocenters. The number of rotatable bonds is 16. The quantitative estimate of drug-likeness (QED) is 0.169. The van der Waals surface area contributed by atoms with Gasteiger partial charge in [-0.15, -0.1) is 0 Å². The fraction of sp³-hybridized carbons (Fsp3) is 0.741. The van der Waals surface area contributed by atoms with Crippen molar-refractivity contribution in [2.45, 2.75) is 122 Å². The minimum atomic E-state index is -1.87. The molecule has 0 bridgehead atoms.